The maximum Gasteiger partial charge on any atom is 0.326 e. The fourth-order valence-electron chi connectivity index (χ4n) is 4.73. The van der Waals surface area contributed by atoms with Gasteiger partial charge in [0.05, 0.1) is 19.1 Å². The molecule has 0 bridgehead atoms. The number of rotatable bonds is 7. The maximum absolute atomic E-state index is 12.4. The lowest BCUT2D eigenvalue weighted by molar-refractivity contribution is -0.255. The predicted molar refractivity (Wildman–Crippen MR) is 153 cm³/mol. The van der Waals surface area contributed by atoms with Gasteiger partial charge in [0, 0.05) is 12.5 Å². The molecule has 1 amide bonds. The van der Waals surface area contributed by atoms with Crippen molar-refractivity contribution in [3.05, 3.63) is 36.0 Å². The van der Waals surface area contributed by atoms with Crippen LogP contribution in [0.2, 0.25) is 0 Å². The summed E-state index contributed by atoms with van der Waals surface area (Å²) < 4.78 is 5.40. The minimum Gasteiger partial charge on any atom is -0.480 e. The minimum absolute atomic E-state index is 0.0359. The van der Waals surface area contributed by atoms with Crippen LogP contribution < -0.4 is 0 Å². The van der Waals surface area contributed by atoms with Gasteiger partial charge in [-0.25, -0.2) is 4.79 Å². The summed E-state index contributed by atoms with van der Waals surface area (Å²) in [5, 5.41) is 28.5. The van der Waals surface area contributed by atoms with Crippen molar-refractivity contribution in [2.24, 2.45) is 5.92 Å². The zero-order valence-electron chi connectivity index (χ0n) is 24.2. The van der Waals surface area contributed by atoms with Gasteiger partial charge in [0.25, 0.3) is 0 Å². The van der Waals surface area contributed by atoms with Crippen LogP contribution >= 0.6 is 0 Å². The number of amides is 1. The first kappa shape index (κ1) is 34.1. The Bertz CT molecular complexity index is 770. The molecule has 2 aliphatic heterocycles. The number of carbonyl (C=O) groups excluding carboxylic acids is 1. The lowest BCUT2D eigenvalue weighted by Gasteiger charge is -2.40. The van der Waals surface area contributed by atoms with Crippen molar-refractivity contribution in [1.82, 2.24) is 4.90 Å². The first-order chi connectivity index (χ1) is 18.1. The van der Waals surface area contributed by atoms with Gasteiger partial charge < -0.3 is 25.0 Å². The van der Waals surface area contributed by atoms with Gasteiger partial charge in [-0.1, -0.05) is 76.0 Å². The molecule has 2 heterocycles. The van der Waals surface area contributed by atoms with Crippen molar-refractivity contribution in [3.63, 3.8) is 0 Å². The lowest BCUT2D eigenvalue weighted by Crippen LogP contribution is -2.52. The Morgan fingerprint density at radius 2 is 1.66 bits per heavy atom. The van der Waals surface area contributed by atoms with Crippen molar-refractivity contribution in [2.75, 3.05) is 13.2 Å². The van der Waals surface area contributed by atoms with E-state index in [0.717, 1.165) is 51.4 Å². The van der Waals surface area contributed by atoms with Crippen molar-refractivity contribution in [2.45, 2.75) is 129 Å². The van der Waals surface area contributed by atoms with Gasteiger partial charge >= 0.3 is 5.97 Å². The number of ether oxygens (including phenoxy) is 1. The Morgan fingerprint density at radius 3 is 2.21 bits per heavy atom. The SMILES string of the molecule is CC/C=C/C=C/C=C(\C)CC.CC1CCCOC1(O)CC(=O)N1CCCC[C@H]1C(=O)O.OC1CCCCC1. The monoisotopic (exact) mass is 535 g/mol. The van der Waals surface area contributed by atoms with Crippen LogP contribution in [0.4, 0.5) is 0 Å². The summed E-state index contributed by atoms with van der Waals surface area (Å²) in [6.45, 7) is 9.20. The van der Waals surface area contributed by atoms with Crippen LogP contribution in [0.1, 0.15) is 111 Å². The van der Waals surface area contributed by atoms with Crippen LogP contribution in [-0.4, -0.2) is 63.2 Å². The molecule has 38 heavy (non-hydrogen) atoms. The average Bonchev–Trinajstić information content (AvgIpc) is 2.91. The van der Waals surface area contributed by atoms with E-state index < -0.39 is 17.8 Å². The number of nitrogens with zero attached hydrogens (tertiary/aromatic N) is 1. The van der Waals surface area contributed by atoms with Crippen LogP contribution in [-0.2, 0) is 14.3 Å². The Balaban J connectivity index is 0.000000335. The smallest absolute Gasteiger partial charge is 0.326 e. The van der Waals surface area contributed by atoms with Crippen LogP contribution in [0.15, 0.2) is 36.0 Å². The van der Waals surface area contributed by atoms with E-state index in [-0.39, 0.29) is 24.3 Å². The molecule has 3 N–H and O–H groups in total. The van der Waals surface area contributed by atoms with Crippen LogP contribution in [0.3, 0.4) is 0 Å². The molecule has 0 spiro atoms. The van der Waals surface area contributed by atoms with E-state index in [2.05, 4.69) is 51.2 Å². The number of piperidine rings is 1. The number of aliphatic hydroxyl groups excluding tert-OH is 1. The lowest BCUT2D eigenvalue weighted by atomic mass is 9.89. The minimum atomic E-state index is -1.45. The first-order valence-corrected chi connectivity index (χ1v) is 14.7. The summed E-state index contributed by atoms with van der Waals surface area (Å²) >= 11 is 0. The van der Waals surface area contributed by atoms with Crippen molar-refractivity contribution in [3.8, 4) is 0 Å². The third-order valence-corrected chi connectivity index (χ3v) is 7.52. The molecule has 2 unspecified atom stereocenters. The molecule has 2 saturated heterocycles. The van der Waals surface area contributed by atoms with Gasteiger partial charge in [0.15, 0.2) is 5.79 Å². The fraction of sp³-hybridized carbons (Fsp3) is 0.742. The molecule has 1 saturated carbocycles. The van der Waals surface area contributed by atoms with E-state index in [4.69, 9.17) is 9.84 Å². The summed E-state index contributed by atoms with van der Waals surface area (Å²) in [5.41, 5.74) is 1.42. The Kier molecular flexibility index (Phi) is 17.2. The molecule has 0 aromatic carbocycles. The fourth-order valence-corrected chi connectivity index (χ4v) is 4.73. The standard InChI is InChI=1S/C14H23NO5.C11H18.C6H12O/c1-10-5-4-8-20-14(10,19)9-12(16)15-7-3-2-6-11(15)13(17)18;1-4-6-7-8-9-10-11(3)5-2;7-6-4-2-1-3-5-6/h10-11,19H,2-9H2,1H3,(H,17,18);6-10H,4-5H2,1-3H3;6-7H,1-5H2/b;7-6+,9-8+,11-10+;/t10?,11-,14?;;/m0../s1. The molecule has 0 radical (unpaired) electrons. The number of likely N-dealkylation sites (tertiary alicyclic amines) is 1. The number of aliphatic hydroxyl groups is 2. The highest BCUT2D eigenvalue weighted by Gasteiger charge is 2.42. The Morgan fingerprint density at radius 1 is 0.974 bits per heavy atom. The molecule has 7 heteroatoms. The second kappa shape index (κ2) is 19.2. The number of carboxylic acids is 1. The summed E-state index contributed by atoms with van der Waals surface area (Å²) in [6.07, 6.45) is 22.4. The number of carbonyl (C=O) groups is 2. The molecule has 1 aliphatic carbocycles. The van der Waals surface area contributed by atoms with Gasteiger partial charge in [-0.2, -0.15) is 0 Å². The van der Waals surface area contributed by atoms with Crippen LogP contribution in [0.25, 0.3) is 0 Å². The predicted octanol–water partition coefficient (Wildman–Crippen LogP) is 6.15. The van der Waals surface area contributed by atoms with Crippen LogP contribution in [0, 0.1) is 5.92 Å². The quantitative estimate of drug-likeness (QED) is 0.337. The molecule has 3 atom stereocenters. The van der Waals surface area contributed by atoms with Crippen molar-refractivity contribution in [1.29, 1.82) is 0 Å². The van der Waals surface area contributed by atoms with Gasteiger partial charge in [-0.15, -0.1) is 0 Å². The Labute approximate surface area is 230 Å². The first-order valence-electron chi connectivity index (χ1n) is 14.7. The molecule has 3 fully saturated rings. The largest absolute Gasteiger partial charge is 0.480 e. The summed E-state index contributed by atoms with van der Waals surface area (Å²) in [5.74, 6) is -2.86. The van der Waals surface area contributed by atoms with E-state index in [0.29, 0.717) is 19.6 Å². The van der Waals surface area contributed by atoms with Crippen molar-refractivity contribution >= 4 is 11.9 Å². The molecule has 0 aromatic rings. The average molecular weight is 536 g/mol. The van der Waals surface area contributed by atoms with Gasteiger partial charge in [0.1, 0.15) is 6.04 Å². The van der Waals surface area contributed by atoms with E-state index >= 15 is 0 Å². The number of allylic oxidation sites excluding steroid dienone is 6. The second-order valence-electron chi connectivity index (χ2n) is 10.7. The molecule has 218 valence electrons. The molecule has 0 aromatic heterocycles. The second-order valence-corrected chi connectivity index (χ2v) is 10.7. The molecule has 3 aliphatic rings. The highest BCUT2D eigenvalue weighted by atomic mass is 16.6. The van der Waals surface area contributed by atoms with Crippen molar-refractivity contribution < 1.29 is 29.6 Å². The summed E-state index contributed by atoms with van der Waals surface area (Å²) in [4.78, 5) is 25.0. The molecule has 7 nitrogen and oxygen atoms in total. The molecule has 3 rings (SSSR count). The zero-order valence-corrected chi connectivity index (χ0v) is 24.2. The van der Waals surface area contributed by atoms with Gasteiger partial charge in [0.2, 0.25) is 5.91 Å². The summed E-state index contributed by atoms with van der Waals surface area (Å²) in [6, 6.07) is -0.765. The van der Waals surface area contributed by atoms with E-state index in [1.807, 2.05) is 6.92 Å². The molecular formula is C31H53NO6. The third-order valence-electron chi connectivity index (χ3n) is 7.52. The zero-order chi connectivity index (χ0) is 28.4. The normalized spacial score (nSPS) is 26.9. The van der Waals surface area contributed by atoms with E-state index in [1.165, 1.54) is 29.7 Å². The highest BCUT2D eigenvalue weighted by Crippen LogP contribution is 2.33. The third kappa shape index (κ3) is 13.2. The van der Waals surface area contributed by atoms with E-state index in [1.54, 1.807) is 0 Å². The number of aliphatic carboxylic acids is 1. The van der Waals surface area contributed by atoms with E-state index in [9.17, 15) is 19.8 Å². The van der Waals surface area contributed by atoms with Crippen LogP contribution in [0.5, 0.6) is 0 Å². The maximum atomic E-state index is 12.4. The Hall–Kier alpha value is -1.96. The summed E-state index contributed by atoms with van der Waals surface area (Å²) in [7, 11) is 0. The topological polar surface area (TPSA) is 107 Å². The number of hydrogen-bond acceptors (Lipinski definition) is 5. The van der Waals surface area contributed by atoms with Gasteiger partial charge in [-0.3, -0.25) is 4.79 Å². The van der Waals surface area contributed by atoms with Gasteiger partial charge in [-0.05, 0) is 64.7 Å². The molecular weight excluding hydrogens is 482 g/mol. The highest BCUT2D eigenvalue weighted by molar-refractivity contribution is 5.84. The number of carboxylic acid groups (broad SMARTS) is 1. The number of hydrogen-bond donors (Lipinski definition) is 3.